The van der Waals surface area contributed by atoms with Crippen LogP contribution in [0.25, 0.3) is 22.3 Å². The topological polar surface area (TPSA) is 107 Å². The molecule has 0 aliphatic rings. The average Bonchev–Trinajstić information content (AvgIpc) is 3.37. The summed E-state index contributed by atoms with van der Waals surface area (Å²) in [4.78, 5) is 13.0. The molecule has 0 amide bonds. The first-order chi connectivity index (χ1) is 18.3. The molecular weight excluding hydrogens is 501 g/mol. The molecule has 0 saturated heterocycles. The number of halogens is 3. The van der Waals surface area contributed by atoms with Gasteiger partial charge in [-0.15, -0.1) is 5.10 Å². The van der Waals surface area contributed by atoms with E-state index >= 15 is 0 Å². The lowest BCUT2D eigenvalue weighted by atomic mass is 10.1. The van der Waals surface area contributed by atoms with Gasteiger partial charge in [0.1, 0.15) is 12.1 Å². The zero-order chi connectivity index (χ0) is 26.9. The molecular formula is C26H21F3N6O3. The van der Waals surface area contributed by atoms with Crippen LogP contribution in [0.5, 0.6) is 23.1 Å². The van der Waals surface area contributed by atoms with Gasteiger partial charge in [0.2, 0.25) is 11.8 Å². The smallest absolute Gasteiger partial charge is 0.416 e. The second kappa shape index (κ2) is 9.88. The second-order valence-corrected chi connectivity index (χ2v) is 8.15. The fourth-order valence-electron chi connectivity index (χ4n) is 3.87. The molecule has 0 atom stereocenters. The maximum absolute atomic E-state index is 13.0. The number of aromatic nitrogens is 5. The molecule has 0 saturated carbocycles. The lowest BCUT2D eigenvalue weighted by Crippen LogP contribution is -2.05. The number of methoxy groups -OCH3 is 2. The Morgan fingerprint density at radius 1 is 0.895 bits per heavy atom. The maximum atomic E-state index is 13.0. The first-order valence-corrected chi connectivity index (χ1v) is 11.3. The Morgan fingerprint density at radius 3 is 2.42 bits per heavy atom. The van der Waals surface area contributed by atoms with Gasteiger partial charge < -0.3 is 19.5 Å². The van der Waals surface area contributed by atoms with Gasteiger partial charge in [-0.05, 0) is 37.3 Å². The summed E-state index contributed by atoms with van der Waals surface area (Å²) in [7, 11) is 3.08. The summed E-state index contributed by atoms with van der Waals surface area (Å²) in [5, 5.41) is 10.3. The second-order valence-electron chi connectivity index (χ2n) is 8.15. The van der Waals surface area contributed by atoms with Crippen LogP contribution in [0.15, 0.2) is 60.9 Å². The highest BCUT2D eigenvalue weighted by atomic mass is 19.4. The highest BCUT2D eigenvalue weighted by molar-refractivity contribution is 5.87. The summed E-state index contributed by atoms with van der Waals surface area (Å²) in [6.07, 6.45) is -3.06. The number of hydrogen-bond donors (Lipinski definition) is 2. The minimum Gasteiger partial charge on any atom is -0.493 e. The van der Waals surface area contributed by atoms with Crippen molar-refractivity contribution in [1.29, 1.82) is 0 Å². The maximum Gasteiger partial charge on any atom is 0.416 e. The van der Waals surface area contributed by atoms with Gasteiger partial charge in [0.25, 0.3) is 0 Å². The summed E-state index contributed by atoms with van der Waals surface area (Å²) in [5.41, 5.74) is 1.47. The predicted molar refractivity (Wildman–Crippen MR) is 134 cm³/mol. The van der Waals surface area contributed by atoms with Crippen LogP contribution in [0.3, 0.4) is 0 Å². The first-order valence-electron chi connectivity index (χ1n) is 11.3. The molecule has 0 aliphatic heterocycles. The number of fused-ring (bicyclic) bond motifs is 1. The Hall–Kier alpha value is -4.87. The molecule has 5 rings (SSSR count). The van der Waals surface area contributed by atoms with Gasteiger partial charge in [0, 0.05) is 22.9 Å². The minimum absolute atomic E-state index is 0.118. The highest BCUT2D eigenvalue weighted by Crippen LogP contribution is 2.38. The Bertz CT molecular complexity index is 1620. The van der Waals surface area contributed by atoms with Crippen LogP contribution >= 0.6 is 0 Å². The summed E-state index contributed by atoms with van der Waals surface area (Å²) in [6, 6.07) is 13.7. The molecule has 0 fully saturated rings. The van der Waals surface area contributed by atoms with E-state index in [0.717, 1.165) is 17.7 Å². The van der Waals surface area contributed by atoms with Crippen molar-refractivity contribution in [3.05, 3.63) is 72.1 Å². The molecule has 38 heavy (non-hydrogen) atoms. The predicted octanol–water partition coefficient (Wildman–Crippen LogP) is 6.30. The van der Waals surface area contributed by atoms with Gasteiger partial charge in [-0.25, -0.2) is 9.97 Å². The molecule has 0 unspecified atom stereocenters. The lowest BCUT2D eigenvalue weighted by Gasteiger charge is -2.13. The summed E-state index contributed by atoms with van der Waals surface area (Å²) >= 11 is 0. The Morgan fingerprint density at radius 2 is 1.66 bits per heavy atom. The largest absolute Gasteiger partial charge is 0.493 e. The van der Waals surface area contributed by atoms with Crippen molar-refractivity contribution in [2.45, 2.75) is 13.1 Å². The van der Waals surface area contributed by atoms with Gasteiger partial charge >= 0.3 is 6.18 Å². The van der Waals surface area contributed by atoms with Gasteiger partial charge in [-0.2, -0.15) is 18.2 Å². The Kier molecular flexibility index (Phi) is 6.45. The van der Waals surface area contributed by atoms with Gasteiger partial charge in [-0.3, -0.25) is 5.10 Å². The molecule has 0 radical (unpaired) electrons. The number of rotatable bonds is 7. The minimum atomic E-state index is -4.45. The summed E-state index contributed by atoms with van der Waals surface area (Å²) in [5.74, 6) is 2.39. The van der Waals surface area contributed by atoms with E-state index in [-0.39, 0.29) is 11.6 Å². The molecule has 9 nitrogen and oxygen atoms in total. The van der Waals surface area contributed by atoms with E-state index in [1.165, 1.54) is 25.6 Å². The molecule has 3 aromatic carbocycles. The number of alkyl halides is 3. The van der Waals surface area contributed by atoms with E-state index < -0.39 is 11.7 Å². The van der Waals surface area contributed by atoms with Crippen molar-refractivity contribution in [1.82, 2.24) is 25.1 Å². The third kappa shape index (κ3) is 4.88. The van der Waals surface area contributed by atoms with Crippen LogP contribution in [0.1, 0.15) is 11.1 Å². The van der Waals surface area contributed by atoms with Crippen molar-refractivity contribution in [3.63, 3.8) is 0 Å². The quantitative estimate of drug-likeness (QED) is 0.257. The zero-order valence-electron chi connectivity index (χ0n) is 20.4. The van der Waals surface area contributed by atoms with Crippen LogP contribution in [0.4, 0.5) is 24.8 Å². The number of hydrogen-bond acceptors (Lipinski definition) is 8. The van der Waals surface area contributed by atoms with E-state index in [1.54, 1.807) is 31.4 Å². The summed E-state index contributed by atoms with van der Waals surface area (Å²) in [6.45, 7) is 1.85. The fraction of sp³-hybridized carbons (Fsp3) is 0.154. The SMILES string of the molecule is COc1cc2ncnc(Oc3cccc(-c4nc(Nc5cccc(C(F)(F)F)c5)n[nH]4)c3C)c2cc1OC. The standard InChI is InChI=1S/C26H21F3N6O3/c1-14-17(23-33-25(35-34-23)32-16-7-4-6-15(10-16)26(27,28)29)8-5-9-20(14)38-24-18-11-21(36-2)22(37-3)12-19(18)30-13-31-24/h4-13H,1-3H3,(H2,32,33,34,35). The molecule has 2 aromatic heterocycles. The first kappa shape index (κ1) is 24.8. The molecule has 2 N–H and O–H groups in total. The van der Waals surface area contributed by atoms with Crippen LogP contribution in [-0.4, -0.2) is 39.4 Å². The molecule has 12 heteroatoms. The Labute approximate surface area is 214 Å². The number of H-pyrrole nitrogens is 1. The molecule has 2 heterocycles. The molecule has 0 bridgehead atoms. The van der Waals surface area contributed by atoms with Crippen molar-refractivity contribution in [2.75, 3.05) is 19.5 Å². The number of nitrogens with zero attached hydrogens (tertiary/aromatic N) is 4. The number of ether oxygens (including phenoxy) is 3. The number of anilines is 2. The van der Waals surface area contributed by atoms with E-state index in [4.69, 9.17) is 14.2 Å². The average molecular weight is 522 g/mol. The van der Waals surface area contributed by atoms with Crippen molar-refractivity contribution in [3.8, 4) is 34.5 Å². The third-order valence-electron chi connectivity index (χ3n) is 5.78. The van der Waals surface area contributed by atoms with Crippen molar-refractivity contribution in [2.24, 2.45) is 0 Å². The van der Waals surface area contributed by atoms with Crippen molar-refractivity contribution >= 4 is 22.5 Å². The zero-order valence-corrected chi connectivity index (χ0v) is 20.4. The third-order valence-corrected chi connectivity index (χ3v) is 5.78. The van der Waals surface area contributed by atoms with Crippen LogP contribution in [0, 0.1) is 6.92 Å². The van der Waals surface area contributed by atoms with E-state index in [0.29, 0.717) is 45.4 Å². The molecule has 0 spiro atoms. The molecule has 194 valence electrons. The fourth-order valence-corrected chi connectivity index (χ4v) is 3.87. The van der Waals surface area contributed by atoms with E-state index in [1.807, 2.05) is 13.0 Å². The van der Waals surface area contributed by atoms with Gasteiger partial charge in [0.15, 0.2) is 17.3 Å². The normalized spacial score (nSPS) is 11.4. The highest BCUT2D eigenvalue weighted by Gasteiger charge is 2.30. The number of aromatic amines is 1. The van der Waals surface area contributed by atoms with Crippen molar-refractivity contribution < 1.29 is 27.4 Å². The molecule has 5 aromatic rings. The summed E-state index contributed by atoms with van der Waals surface area (Å²) < 4.78 is 56.0. The van der Waals surface area contributed by atoms with E-state index in [2.05, 4.69) is 30.5 Å². The Balaban J connectivity index is 1.43. The van der Waals surface area contributed by atoms with E-state index in [9.17, 15) is 13.2 Å². The van der Waals surface area contributed by atoms with Crippen LogP contribution in [0.2, 0.25) is 0 Å². The van der Waals surface area contributed by atoms with Crippen LogP contribution in [-0.2, 0) is 6.18 Å². The lowest BCUT2D eigenvalue weighted by molar-refractivity contribution is -0.137. The van der Waals surface area contributed by atoms with Crippen LogP contribution < -0.4 is 19.5 Å². The number of benzene rings is 3. The number of nitrogens with one attached hydrogen (secondary N) is 2. The monoisotopic (exact) mass is 522 g/mol. The van der Waals surface area contributed by atoms with Gasteiger partial charge in [0.05, 0.1) is 30.7 Å². The molecule has 0 aliphatic carbocycles. The van der Waals surface area contributed by atoms with Gasteiger partial charge in [-0.1, -0.05) is 18.2 Å².